The lowest BCUT2D eigenvalue weighted by atomic mass is 9.97. The maximum Gasteiger partial charge on any atom is 0.220 e. The van der Waals surface area contributed by atoms with E-state index in [9.17, 15) is 45.6 Å². The van der Waals surface area contributed by atoms with Crippen LogP contribution in [-0.4, -0.2) is 140 Å². The van der Waals surface area contributed by atoms with Crippen molar-refractivity contribution in [3.05, 3.63) is 60.8 Å². The molecular weight excluding hydrogens is 714 g/mol. The summed E-state index contributed by atoms with van der Waals surface area (Å²) in [6.45, 7) is 2.48. The molecule has 12 atom stereocenters. The predicted octanol–water partition coefficient (Wildman–Crippen LogP) is 2.36. The summed E-state index contributed by atoms with van der Waals surface area (Å²) in [7, 11) is 0. The number of amides is 1. The molecule has 9 N–H and O–H groups in total. The normalized spacial score (nSPS) is 30.4. The zero-order chi connectivity index (χ0) is 40.4. The number of hydrogen-bond donors (Lipinski definition) is 9. The second-order valence-electron chi connectivity index (χ2n) is 14.0. The molecule has 2 saturated heterocycles. The van der Waals surface area contributed by atoms with Crippen LogP contribution in [0.1, 0.15) is 97.3 Å². The molecule has 0 aromatic rings. The number of nitrogens with one attached hydrogen (secondary N) is 1. The van der Waals surface area contributed by atoms with Gasteiger partial charge in [0.25, 0.3) is 0 Å². The Morgan fingerprint density at radius 1 is 0.673 bits per heavy atom. The number of aliphatic hydroxyl groups is 8. The topological polar surface area (TPSA) is 228 Å². The SMILES string of the molecule is CC/C=C\C/C=C\C/C=C\CCCCCC(=O)NC(COC1OC(CO)C(OC2OC(CO)C(O)C(O)C2O)C(O)C1O)C(O)/C=C/CC/C=C/CCCC. The third kappa shape index (κ3) is 18.2. The van der Waals surface area contributed by atoms with Crippen molar-refractivity contribution in [3.63, 3.8) is 0 Å². The Bertz CT molecular complexity index is 1160. The highest BCUT2D eigenvalue weighted by molar-refractivity contribution is 5.76. The molecule has 0 bridgehead atoms. The summed E-state index contributed by atoms with van der Waals surface area (Å²) < 4.78 is 22.5. The summed E-state index contributed by atoms with van der Waals surface area (Å²) in [5, 5.41) is 85.9. The van der Waals surface area contributed by atoms with Gasteiger partial charge in [0, 0.05) is 6.42 Å². The number of aliphatic hydroxyl groups excluding tert-OH is 8. The molecule has 1 amide bonds. The minimum Gasteiger partial charge on any atom is -0.394 e. The molecule has 55 heavy (non-hydrogen) atoms. The molecule has 2 aliphatic rings. The van der Waals surface area contributed by atoms with E-state index in [0.717, 1.165) is 64.2 Å². The van der Waals surface area contributed by atoms with Gasteiger partial charge in [-0.1, -0.05) is 93.9 Å². The third-order valence-electron chi connectivity index (χ3n) is 9.44. The van der Waals surface area contributed by atoms with Gasteiger partial charge < -0.3 is 65.1 Å². The average molecular weight is 784 g/mol. The van der Waals surface area contributed by atoms with Crippen LogP contribution in [-0.2, 0) is 23.7 Å². The molecule has 2 heterocycles. The zero-order valence-electron chi connectivity index (χ0n) is 32.6. The minimum atomic E-state index is -1.79. The standard InChI is InChI=1S/C41H69NO13/c1-3-5-7-9-11-13-14-15-16-17-19-21-23-25-33(46)42-29(30(45)24-22-20-18-12-10-8-6-4-2)28-52-40-38(51)36(49)39(32(27-44)54-40)55-41-37(50)35(48)34(47)31(26-43)53-41/h5,7,10-13,15-16,22,24,29-32,34-41,43-45,47-51H,3-4,6,8-9,14,17-21,23,25-28H2,1-2H3,(H,42,46)/b7-5-,12-10+,13-11-,16-15-,24-22+. The summed E-state index contributed by atoms with van der Waals surface area (Å²) in [5.41, 5.74) is 0. The Hall–Kier alpha value is -2.31. The monoisotopic (exact) mass is 783 g/mol. The quantitative estimate of drug-likeness (QED) is 0.0431. The Balaban J connectivity index is 1.96. The Labute approximate surface area is 326 Å². The van der Waals surface area contributed by atoms with Gasteiger partial charge in [0.2, 0.25) is 5.91 Å². The van der Waals surface area contributed by atoms with Crippen LogP contribution in [0.5, 0.6) is 0 Å². The van der Waals surface area contributed by atoms with Crippen molar-refractivity contribution in [1.82, 2.24) is 5.32 Å². The Morgan fingerprint density at radius 3 is 1.96 bits per heavy atom. The van der Waals surface area contributed by atoms with E-state index in [1.807, 2.05) is 6.08 Å². The van der Waals surface area contributed by atoms with Crippen LogP contribution in [0.15, 0.2) is 60.8 Å². The van der Waals surface area contributed by atoms with Gasteiger partial charge in [-0.2, -0.15) is 0 Å². The Kier molecular flexibility index (Phi) is 25.7. The minimum absolute atomic E-state index is 0.234. The summed E-state index contributed by atoms with van der Waals surface area (Å²) in [6, 6.07) is -0.944. The number of allylic oxidation sites excluding steroid dienone is 9. The van der Waals surface area contributed by atoms with Crippen LogP contribution < -0.4 is 5.32 Å². The molecule has 0 spiro atoms. The van der Waals surface area contributed by atoms with Crippen LogP contribution in [0.4, 0.5) is 0 Å². The number of hydrogen-bond acceptors (Lipinski definition) is 13. The van der Waals surface area contributed by atoms with Crippen molar-refractivity contribution >= 4 is 5.91 Å². The van der Waals surface area contributed by atoms with Crippen molar-refractivity contribution < 1.29 is 64.6 Å². The largest absolute Gasteiger partial charge is 0.394 e. The fourth-order valence-corrected chi connectivity index (χ4v) is 6.07. The van der Waals surface area contributed by atoms with Crippen LogP contribution in [0.2, 0.25) is 0 Å². The first-order chi connectivity index (χ1) is 26.6. The lowest BCUT2D eigenvalue weighted by molar-refractivity contribution is -0.359. The summed E-state index contributed by atoms with van der Waals surface area (Å²) in [6.07, 6.45) is 14.5. The van der Waals surface area contributed by atoms with Crippen molar-refractivity contribution in [2.24, 2.45) is 0 Å². The number of carbonyl (C=O) groups is 1. The Morgan fingerprint density at radius 2 is 1.27 bits per heavy atom. The molecular formula is C41H69NO13. The maximum atomic E-state index is 13.0. The third-order valence-corrected chi connectivity index (χ3v) is 9.44. The summed E-state index contributed by atoms with van der Waals surface area (Å²) in [4.78, 5) is 13.0. The van der Waals surface area contributed by atoms with Crippen molar-refractivity contribution in [1.29, 1.82) is 0 Å². The number of carbonyl (C=O) groups excluding carboxylic acids is 1. The van der Waals surface area contributed by atoms with Gasteiger partial charge in [-0.3, -0.25) is 4.79 Å². The number of unbranched alkanes of at least 4 members (excludes halogenated alkanes) is 6. The van der Waals surface area contributed by atoms with Crippen LogP contribution >= 0.6 is 0 Å². The molecule has 0 aliphatic carbocycles. The predicted molar refractivity (Wildman–Crippen MR) is 207 cm³/mol. The molecule has 0 aromatic heterocycles. The molecule has 14 nitrogen and oxygen atoms in total. The van der Waals surface area contributed by atoms with Crippen LogP contribution in [0.3, 0.4) is 0 Å². The van der Waals surface area contributed by atoms with Gasteiger partial charge in [-0.05, 0) is 57.8 Å². The summed E-state index contributed by atoms with van der Waals surface area (Å²) >= 11 is 0. The van der Waals surface area contributed by atoms with Gasteiger partial charge in [0.1, 0.15) is 48.8 Å². The fraction of sp³-hybridized carbons (Fsp3) is 0.732. The summed E-state index contributed by atoms with van der Waals surface area (Å²) in [5.74, 6) is -0.288. The molecule has 12 unspecified atom stereocenters. The van der Waals surface area contributed by atoms with Gasteiger partial charge in [-0.25, -0.2) is 0 Å². The molecule has 0 radical (unpaired) electrons. The lowest BCUT2D eigenvalue weighted by Crippen LogP contribution is -2.65. The zero-order valence-corrected chi connectivity index (χ0v) is 32.6. The highest BCUT2D eigenvalue weighted by Gasteiger charge is 2.50. The molecule has 2 aliphatic heterocycles. The van der Waals surface area contributed by atoms with Gasteiger partial charge >= 0.3 is 0 Å². The first kappa shape index (κ1) is 48.8. The first-order valence-corrected chi connectivity index (χ1v) is 20.0. The smallest absolute Gasteiger partial charge is 0.220 e. The molecule has 2 fully saturated rings. The van der Waals surface area contributed by atoms with Crippen LogP contribution in [0, 0.1) is 0 Å². The molecule has 0 saturated carbocycles. The van der Waals surface area contributed by atoms with E-state index in [2.05, 4.69) is 67.8 Å². The average Bonchev–Trinajstić information content (AvgIpc) is 3.18. The van der Waals surface area contributed by atoms with E-state index in [4.69, 9.17) is 18.9 Å². The van der Waals surface area contributed by atoms with E-state index in [1.54, 1.807) is 6.08 Å². The fourth-order valence-electron chi connectivity index (χ4n) is 6.07. The van der Waals surface area contributed by atoms with Gasteiger partial charge in [0.15, 0.2) is 12.6 Å². The van der Waals surface area contributed by atoms with Crippen molar-refractivity contribution in [2.75, 3.05) is 19.8 Å². The van der Waals surface area contributed by atoms with Crippen molar-refractivity contribution in [2.45, 2.75) is 171 Å². The first-order valence-electron chi connectivity index (χ1n) is 20.0. The number of ether oxygens (including phenoxy) is 4. The maximum absolute atomic E-state index is 13.0. The lowest BCUT2D eigenvalue weighted by Gasteiger charge is -2.46. The second kappa shape index (κ2) is 29.0. The molecule has 316 valence electrons. The van der Waals surface area contributed by atoms with E-state index in [0.29, 0.717) is 12.8 Å². The highest BCUT2D eigenvalue weighted by Crippen LogP contribution is 2.29. The molecule has 2 rings (SSSR count). The second-order valence-corrected chi connectivity index (χ2v) is 14.0. The molecule has 0 aromatic carbocycles. The highest BCUT2D eigenvalue weighted by atomic mass is 16.7. The van der Waals surface area contributed by atoms with E-state index < -0.39 is 86.8 Å². The van der Waals surface area contributed by atoms with Gasteiger partial charge in [-0.15, -0.1) is 0 Å². The molecule has 14 heteroatoms. The van der Waals surface area contributed by atoms with E-state index in [-0.39, 0.29) is 18.9 Å². The number of rotatable bonds is 27. The van der Waals surface area contributed by atoms with E-state index >= 15 is 0 Å². The van der Waals surface area contributed by atoms with Crippen LogP contribution in [0.25, 0.3) is 0 Å². The van der Waals surface area contributed by atoms with Gasteiger partial charge in [0.05, 0.1) is 32.0 Å². The van der Waals surface area contributed by atoms with Crippen molar-refractivity contribution in [3.8, 4) is 0 Å². The van der Waals surface area contributed by atoms with E-state index in [1.165, 1.54) is 0 Å².